The molecular weight excluding hydrogens is 268 g/mol. The van der Waals surface area contributed by atoms with Crippen LogP contribution in [0, 0.1) is 0 Å². The Kier molecular flexibility index (Phi) is 4.16. The minimum absolute atomic E-state index is 0.138. The molecule has 18 heavy (non-hydrogen) atoms. The van der Waals surface area contributed by atoms with E-state index < -0.39 is 0 Å². The lowest BCUT2D eigenvalue weighted by atomic mass is 10.2. The minimum Gasteiger partial charge on any atom is -0.399 e. The van der Waals surface area contributed by atoms with E-state index in [1.807, 2.05) is 24.3 Å². The number of nitrogen functional groups attached to an aromatic ring is 1. The highest BCUT2D eigenvalue weighted by Crippen LogP contribution is 2.28. The number of benzene rings is 1. The first-order chi connectivity index (χ1) is 8.63. The molecule has 0 bridgehead atoms. The summed E-state index contributed by atoms with van der Waals surface area (Å²) >= 11 is 2.95. The number of carbonyl (C=O) groups is 1. The summed E-state index contributed by atoms with van der Waals surface area (Å²) in [4.78, 5) is 10.8. The normalized spacial score (nSPS) is 10.3. The van der Waals surface area contributed by atoms with Crippen molar-refractivity contribution in [3.8, 4) is 0 Å². The smallest absolute Gasteiger partial charge is 0.223 e. The van der Waals surface area contributed by atoms with Gasteiger partial charge in [-0.05, 0) is 17.7 Å². The van der Waals surface area contributed by atoms with Crippen molar-refractivity contribution < 1.29 is 4.79 Å². The van der Waals surface area contributed by atoms with E-state index >= 15 is 0 Å². The van der Waals surface area contributed by atoms with E-state index in [9.17, 15) is 4.79 Å². The van der Waals surface area contributed by atoms with Crippen LogP contribution in [0.1, 0.15) is 12.5 Å². The number of nitrogens with two attached hydrogens (primary N) is 1. The van der Waals surface area contributed by atoms with E-state index in [1.165, 1.54) is 23.8 Å². The number of nitrogens with zero attached hydrogens (tertiary/aromatic N) is 2. The summed E-state index contributed by atoms with van der Waals surface area (Å²) in [6.45, 7) is 1.45. The SMILES string of the molecule is CC(=O)Nc1nnc(SCc2ccc(N)cc2)s1. The Morgan fingerprint density at radius 2 is 2.11 bits per heavy atom. The summed E-state index contributed by atoms with van der Waals surface area (Å²) in [5.41, 5.74) is 7.55. The van der Waals surface area contributed by atoms with Crippen molar-refractivity contribution in [2.24, 2.45) is 0 Å². The van der Waals surface area contributed by atoms with E-state index in [-0.39, 0.29) is 5.91 Å². The van der Waals surface area contributed by atoms with Crippen LogP contribution in [0.25, 0.3) is 0 Å². The van der Waals surface area contributed by atoms with Crippen LogP contribution in [0.3, 0.4) is 0 Å². The zero-order chi connectivity index (χ0) is 13.0. The molecule has 0 saturated carbocycles. The highest BCUT2D eigenvalue weighted by Gasteiger charge is 2.06. The van der Waals surface area contributed by atoms with Crippen LogP contribution in [-0.2, 0) is 10.5 Å². The van der Waals surface area contributed by atoms with Gasteiger partial charge in [-0.25, -0.2) is 0 Å². The highest BCUT2D eigenvalue weighted by molar-refractivity contribution is 8.00. The Hall–Kier alpha value is -1.60. The molecule has 1 aromatic carbocycles. The van der Waals surface area contributed by atoms with Crippen molar-refractivity contribution >= 4 is 39.8 Å². The molecule has 5 nitrogen and oxygen atoms in total. The molecule has 0 radical (unpaired) electrons. The van der Waals surface area contributed by atoms with Crippen molar-refractivity contribution in [2.45, 2.75) is 17.0 Å². The molecule has 0 atom stereocenters. The van der Waals surface area contributed by atoms with Gasteiger partial charge < -0.3 is 11.1 Å². The van der Waals surface area contributed by atoms with E-state index in [4.69, 9.17) is 5.73 Å². The molecule has 0 unspecified atom stereocenters. The summed E-state index contributed by atoms with van der Waals surface area (Å²) < 4.78 is 0.829. The summed E-state index contributed by atoms with van der Waals surface area (Å²) in [5.74, 6) is 0.663. The third-order valence-electron chi connectivity index (χ3n) is 2.03. The molecule has 1 aromatic heterocycles. The predicted octanol–water partition coefficient (Wildman–Crippen LogP) is 2.37. The second-order valence-electron chi connectivity index (χ2n) is 3.58. The molecule has 0 fully saturated rings. The zero-order valence-corrected chi connectivity index (χ0v) is 11.3. The van der Waals surface area contributed by atoms with Gasteiger partial charge in [0.1, 0.15) is 0 Å². The number of nitrogens with one attached hydrogen (secondary N) is 1. The fraction of sp³-hybridized carbons (Fsp3) is 0.182. The second-order valence-corrected chi connectivity index (χ2v) is 5.78. The summed E-state index contributed by atoms with van der Waals surface area (Å²) in [5, 5.41) is 11.0. The van der Waals surface area contributed by atoms with Gasteiger partial charge in [0.15, 0.2) is 4.34 Å². The number of aromatic nitrogens is 2. The lowest BCUT2D eigenvalue weighted by Crippen LogP contribution is -2.04. The molecule has 2 aromatic rings. The summed E-state index contributed by atoms with van der Waals surface area (Å²) in [6, 6.07) is 7.72. The molecule has 1 amide bonds. The number of rotatable bonds is 4. The fourth-order valence-electron chi connectivity index (χ4n) is 1.23. The van der Waals surface area contributed by atoms with Gasteiger partial charge in [-0.2, -0.15) is 0 Å². The van der Waals surface area contributed by atoms with Crippen molar-refractivity contribution in [3.05, 3.63) is 29.8 Å². The number of carbonyl (C=O) groups excluding carboxylic acids is 1. The van der Waals surface area contributed by atoms with Gasteiger partial charge in [0.25, 0.3) is 0 Å². The summed E-state index contributed by atoms with van der Waals surface area (Å²) in [7, 11) is 0. The highest BCUT2D eigenvalue weighted by atomic mass is 32.2. The quantitative estimate of drug-likeness (QED) is 0.510. The van der Waals surface area contributed by atoms with Gasteiger partial charge >= 0.3 is 0 Å². The van der Waals surface area contributed by atoms with Crippen LogP contribution in [0.5, 0.6) is 0 Å². The van der Waals surface area contributed by atoms with E-state index in [0.717, 1.165) is 15.8 Å². The monoisotopic (exact) mass is 280 g/mol. The van der Waals surface area contributed by atoms with E-state index in [2.05, 4.69) is 15.5 Å². The number of thioether (sulfide) groups is 1. The van der Waals surface area contributed by atoms with E-state index in [0.29, 0.717) is 5.13 Å². The van der Waals surface area contributed by atoms with Gasteiger partial charge in [-0.3, -0.25) is 4.79 Å². The van der Waals surface area contributed by atoms with Crippen molar-refractivity contribution in [2.75, 3.05) is 11.1 Å². The lowest BCUT2D eigenvalue weighted by molar-refractivity contribution is -0.114. The maximum Gasteiger partial charge on any atom is 0.223 e. The van der Waals surface area contributed by atoms with Crippen molar-refractivity contribution in [1.82, 2.24) is 10.2 Å². The molecular formula is C11H12N4OS2. The Labute approximate surface area is 113 Å². The largest absolute Gasteiger partial charge is 0.399 e. The number of hydrogen-bond donors (Lipinski definition) is 2. The lowest BCUT2D eigenvalue weighted by Gasteiger charge is -1.98. The first-order valence-corrected chi connectivity index (χ1v) is 7.02. The van der Waals surface area contributed by atoms with Crippen LogP contribution in [0.4, 0.5) is 10.8 Å². The molecule has 0 spiro atoms. The molecule has 7 heteroatoms. The van der Waals surface area contributed by atoms with Gasteiger partial charge in [0.2, 0.25) is 11.0 Å². The molecule has 0 saturated heterocycles. The number of anilines is 2. The molecule has 94 valence electrons. The Morgan fingerprint density at radius 1 is 1.39 bits per heavy atom. The fourth-order valence-corrected chi connectivity index (χ4v) is 2.98. The summed E-state index contributed by atoms with van der Waals surface area (Å²) in [6.07, 6.45) is 0. The first-order valence-electron chi connectivity index (χ1n) is 5.22. The average Bonchev–Trinajstić information content (AvgIpc) is 2.75. The van der Waals surface area contributed by atoms with Crippen LogP contribution in [-0.4, -0.2) is 16.1 Å². The van der Waals surface area contributed by atoms with Crippen LogP contribution in [0.15, 0.2) is 28.6 Å². The van der Waals surface area contributed by atoms with Crippen LogP contribution >= 0.6 is 23.1 Å². The third-order valence-corrected chi connectivity index (χ3v) is 4.07. The maximum absolute atomic E-state index is 10.8. The molecule has 0 aliphatic heterocycles. The number of hydrogen-bond acceptors (Lipinski definition) is 6. The predicted molar refractivity (Wildman–Crippen MR) is 74.6 cm³/mol. The Balaban J connectivity index is 1.92. The van der Waals surface area contributed by atoms with Crippen LogP contribution < -0.4 is 11.1 Å². The minimum atomic E-state index is -0.138. The van der Waals surface area contributed by atoms with E-state index in [1.54, 1.807) is 11.8 Å². The topological polar surface area (TPSA) is 80.9 Å². The first kappa shape index (κ1) is 12.8. The van der Waals surface area contributed by atoms with Crippen LogP contribution in [0.2, 0.25) is 0 Å². The van der Waals surface area contributed by atoms with Gasteiger partial charge in [0.05, 0.1) is 0 Å². The Morgan fingerprint density at radius 3 is 2.78 bits per heavy atom. The van der Waals surface area contributed by atoms with Gasteiger partial charge in [-0.15, -0.1) is 10.2 Å². The molecule has 0 aliphatic rings. The standard InChI is InChI=1S/C11H12N4OS2/c1-7(16)13-10-14-15-11(18-10)17-6-8-2-4-9(12)5-3-8/h2-5H,6,12H2,1H3,(H,13,14,16). The Bertz CT molecular complexity index is 538. The van der Waals surface area contributed by atoms with Crippen molar-refractivity contribution in [1.29, 1.82) is 0 Å². The third kappa shape index (κ3) is 3.71. The van der Waals surface area contributed by atoms with Crippen molar-refractivity contribution in [3.63, 3.8) is 0 Å². The number of amides is 1. The maximum atomic E-state index is 10.8. The van der Waals surface area contributed by atoms with Gasteiger partial charge in [-0.1, -0.05) is 35.2 Å². The second kappa shape index (κ2) is 5.83. The molecule has 0 aliphatic carbocycles. The average molecular weight is 280 g/mol. The molecule has 2 rings (SSSR count). The zero-order valence-electron chi connectivity index (χ0n) is 9.71. The molecule has 1 heterocycles. The van der Waals surface area contributed by atoms with Gasteiger partial charge in [0, 0.05) is 18.4 Å². The molecule has 3 N–H and O–H groups in total.